The molecule has 1 N–H and O–H groups in total. The van der Waals surface area contributed by atoms with Gasteiger partial charge >= 0.3 is 0 Å². The summed E-state index contributed by atoms with van der Waals surface area (Å²) >= 11 is 0. The molecule has 0 unspecified atom stereocenters. The van der Waals surface area contributed by atoms with Crippen LogP contribution in [0.25, 0.3) is 22.8 Å². The molecule has 4 rings (SSSR count). The van der Waals surface area contributed by atoms with Gasteiger partial charge in [-0.25, -0.2) is 4.98 Å². The van der Waals surface area contributed by atoms with Gasteiger partial charge in [-0.05, 0) is 12.1 Å². The Balaban J connectivity index is 1.62. The minimum Gasteiger partial charge on any atom is -0.354 e. The van der Waals surface area contributed by atoms with Gasteiger partial charge in [0.15, 0.2) is 0 Å². The second-order valence-corrected chi connectivity index (χ2v) is 5.43. The van der Waals surface area contributed by atoms with Crippen molar-refractivity contribution in [1.82, 2.24) is 20.4 Å². The average molecular weight is 307 g/mol. The van der Waals surface area contributed by atoms with E-state index in [9.17, 15) is 0 Å². The Morgan fingerprint density at radius 2 is 1.83 bits per heavy atom. The van der Waals surface area contributed by atoms with Crippen molar-refractivity contribution in [3.05, 3.63) is 48.7 Å². The number of piperazine rings is 1. The van der Waals surface area contributed by atoms with Crippen molar-refractivity contribution in [2.75, 3.05) is 31.1 Å². The van der Waals surface area contributed by atoms with Crippen LogP contribution in [0.3, 0.4) is 0 Å². The molecule has 3 heterocycles. The highest BCUT2D eigenvalue weighted by Gasteiger charge is 2.15. The molecular weight excluding hydrogens is 290 g/mol. The molecular formula is C17H17N5O. The van der Waals surface area contributed by atoms with Crippen molar-refractivity contribution >= 4 is 5.82 Å². The van der Waals surface area contributed by atoms with Crippen molar-refractivity contribution in [2.24, 2.45) is 0 Å². The molecule has 6 nitrogen and oxygen atoms in total. The van der Waals surface area contributed by atoms with E-state index in [2.05, 4.69) is 25.3 Å². The number of nitrogens with zero attached hydrogens (tertiary/aromatic N) is 4. The van der Waals surface area contributed by atoms with Crippen LogP contribution in [0.15, 0.2) is 53.2 Å². The highest BCUT2D eigenvalue weighted by molar-refractivity contribution is 5.62. The largest absolute Gasteiger partial charge is 0.354 e. The minimum atomic E-state index is 0.516. The first kappa shape index (κ1) is 13.9. The van der Waals surface area contributed by atoms with E-state index < -0.39 is 0 Å². The molecule has 1 fully saturated rings. The Labute approximate surface area is 134 Å². The maximum absolute atomic E-state index is 5.43. The van der Waals surface area contributed by atoms with Gasteiger partial charge < -0.3 is 14.7 Å². The summed E-state index contributed by atoms with van der Waals surface area (Å²) in [4.78, 5) is 11.2. The number of hydrogen-bond donors (Lipinski definition) is 1. The minimum absolute atomic E-state index is 0.516. The van der Waals surface area contributed by atoms with Crippen molar-refractivity contribution in [2.45, 2.75) is 0 Å². The first-order valence-electron chi connectivity index (χ1n) is 7.71. The average Bonchev–Trinajstić information content (AvgIpc) is 3.14. The van der Waals surface area contributed by atoms with Gasteiger partial charge in [0.2, 0.25) is 5.82 Å². The molecule has 0 atom stereocenters. The van der Waals surface area contributed by atoms with Crippen LogP contribution >= 0.6 is 0 Å². The van der Waals surface area contributed by atoms with Crippen LogP contribution in [0.4, 0.5) is 5.82 Å². The quantitative estimate of drug-likeness (QED) is 0.800. The van der Waals surface area contributed by atoms with Gasteiger partial charge in [-0.1, -0.05) is 35.5 Å². The molecule has 116 valence electrons. The maximum Gasteiger partial charge on any atom is 0.258 e. The summed E-state index contributed by atoms with van der Waals surface area (Å²) in [6.45, 7) is 3.86. The van der Waals surface area contributed by atoms with Gasteiger partial charge in [0.25, 0.3) is 5.89 Å². The number of hydrogen-bond acceptors (Lipinski definition) is 6. The third-order valence-corrected chi connectivity index (χ3v) is 3.89. The third-order valence-electron chi connectivity index (χ3n) is 3.89. The van der Waals surface area contributed by atoms with E-state index in [1.54, 1.807) is 6.20 Å². The molecule has 6 heteroatoms. The molecule has 0 amide bonds. The lowest BCUT2D eigenvalue weighted by molar-refractivity contribution is 0.432. The molecule has 0 bridgehead atoms. The number of rotatable bonds is 3. The molecule has 0 radical (unpaired) electrons. The van der Waals surface area contributed by atoms with E-state index in [4.69, 9.17) is 4.52 Å². The standard InChI is InChI=1S/C17H17N5O/c1-2-4-13(5-3-1)16-20-17(23-21-16)14-6-7-19-15(12-14)22-10-8-18-9-11-22/h1-7,12,18H,8-11H2. The van der Waals surface area contributed by atoms with Crippen LogP contribution < -0.4 is 10.2 Å². The lowest BCUT2D eigenvalue weighted by Gasteiger charge is -2.28. The maximum atomic E-state index is 5.43. The molecule has 0 aliphatic carbocycles. The summed E-state index contributed by atoms with van der Waals surface area (Å²) in [6.07, 6.45) is 1.79. The fourth-order valence-electron chi connectivity index (χ4n) is 2.66. The number of pyridine rings is 1. The van der Waals surface area contributed by atoms with Gasteiger partial charge in [-0.2, -0.15) is 4.98 Å². The van der Waals surface area contributed by atoms with E-state index in [1.807, 2.05) is 42.5 Å². The number of aromatic nitrogens is 3. The van der Waals surface area contributed by atoms with Gasteiger partial charge in [-0.15, -0.1) is 0 Å². The predicted octanol–water partition coefficient (Wildman–Crippen LogP) is 2.21. The summed E-state index contributed by atoms with van der Waals surface area (Å²) in [5.74, 6) is 2.06. The molecule has 0 saturated carbocycles. The van der Waals surface area contributed by atoms with Crippen LogP contribution in [0, 0.1) is 0 Å². The van der Waals surface area contributed by atoms with Crippen molar-refractivity contribution in [3.8, 4) is 22.8 Å². The lowest BCUT2D eigenvalue weighted by Crippen LogP contribution is -2.43. The van der Waals surface area contributed by atoms with E-state index in [1.165, 1.54) is 0 Å². The second kappa shape index (κ2) is 6.18. The van der Waals surface area contributed by atoms with E-state index in [-0.39, 0.29) is 0 Å². The van der Waals surface area contributed by atoms with E-state index in [0.717, 1.165) is 43.1 Å². The lowest BCUT2D eigenvalue weighted by atomic mass is 10.2. The van der Waals surface area contributed by atoms with Gasteiger partial charge in [0.1, 0.15) is 5.82 Å². The highest BCUT2D eigenvalue weighted by Crippen LogP contribution is 2.24. The van der Waals surface area contributed by atoms with Gasteiger partial charge in [0, 0.05) is 43.5 Å². The monoisotopic (exact) mass is 307 g/mol. The molecule has 2 aromatic heterocycles. The Hall–Kier alpha value is -2.73. The Kier molecular flexibility index (Phi) is 3.73. The first-order valence-corrected chi connectivity index (χ1v) is 7.71. The smallest absolute Gasteiger partial charge is 0.258 e. The van der Waals surface area contributed by atoms with E-state index in [0.29, 0.717) is 11.7 Å². The second-order valence-electron chi connectivity index (χ2n) is 5.43. The van der Waals surface area contributed by atoms with Crippen molar-refractivity contribution < 1.29 is 4.52 Å². The molecule has 1 aliphatic heterocycles. The Morgan fingerprint density at radius 3 is 2.65 bits per heavy atom. The summed E-state index contributed by atoms with van der Waals surface area (Å²) in [5.41, 5.74) is 1.84. The predicted molar refractivity (Wildman–Crippen MR) is 88.0 cm³/mol. The zero-order valence-electron chi connectivity index (χ0n) is 12.6. The highest BCUT2D eigenvalue weighted by atomic mass is 16.5. The van der Waals surface area contributed by atoms with Gasteiger partial charge in [0.05, 0.1) is 0 Å². The number of nitrogens with one attached hydrogen (secondary N) is 1. The number of anilines is 1. The Morgan fingerprint density at radius 1 is 1.00 bits per heavy atom. The number of benzene rings is 1. The third kappa shape index (κ3) is 2.93. The normalized spacial score (nSPS) is 14.9. The Bertz CT molecular complexity index is 780. The molecule has 1 saturated heterocycles. The van der Waals surface area contributed by atoms with Crippen molar-refractivity contribution in [1.29, 1.82) is 0 Å². The zero-order chi connectivity index (χ0) is 15.5. The van der Waals surface area contributed by atoms with Gasteiger partial charge in [-0.3, -0.25) is 0 Å². The van der Waals surface area contributed by atoms with Crippen molar-refractivity contribution in [3.63, 3.8) is 0 Å². The summed E-state index contributed by atoms with van der Waals surface area (Å²) in [6, 6.07) is 13.7. The molecule has 1 aliphatic rings. The zero-order valence-corrected chi connectivity index (χ0v) is 12.6. The molecule has 23 heavy (non-hydrogen) atoms. The van der Waals surface area contributed by atoms with Crippen LogP contribution in [0.5, 0.6) is 0 Å². The van der Waals surface area contributed by atoms with Crippen LogP contribution in [0.2, 0.25) is 0 Å². The molecule has 3 aromatic rings. The molecule has 0 spiro atoms. The van der Waals surface area contributed by atoms with Crippen LogP contribution in [-0.2, 0) is 0 Å². The fourth-order valence-corrected chi connectivity index (χ4v) is 2.66. The molecule has 1 aromatic carbocycles. The topological polar surface area (TPSA) is 67.1 Å². The summed E-state index contributed by atoms with van der Waals surface area (Å²) in [7, 11) is 0. The summed E-state index contributed by atoms with van der Waals surface area (Å²) in [5, 5.41) is 7.42. The van der Waals surface area contributed by atoms with E-state index >= 15 is 0 Å². The SMILES string of the molecule is c1ccc(-c2noc(-c3ccnc(N4CCNCC4)c3)n2)cc1. The van der Waals surface area contributed by atoms with Crippen LogP contribution in [-0.4, -0.2) is 41.3 Å². The first-order chi connectivity index (χ1) is 11.4. The summed E-state index contributed by atoms with van der Waals surface area (Å²) < 4.78 is 5.43. The fraction of sp³-hybridized carbons (Fsp3) is 0.235. The van der Waals surface area contributed by atoms with Crippen LogP contribution in [0.1, 0.15) is 0 Å².